The summed E-state index contributed by atoms with van der Waals surface area (Å²) in [5, 5.41) is 0. The second-order valence-corrected chi connectivity index (χ2v) is 5.68. The second-order valence-electron chi connectivity index (χ2n) is 3.70. The van der Waals surface area contributed by atoms with Gasteiger partial charge in [-0.1, -0.05) is 12.1 Å². The molecule has 1 aromatic heterocycles. The Balaban J connectivity index is 2.58. The van der Waals surface area contributed by atoms with Crippen molar-refractivity contribution in [3.63, 3.8) is 0 Å². The molecule has 1 heterocycles. The van der Waals surface area contributed by atoms with Crippen molar-refractivity contribution in [3.8, 4) is 11.3 Å². The van der Waals surface area contributed by atoms with Crippen LogP contribution in [0.15, 0.2) is 35.4 Å². The van der Waals surface area contributed by atoms with E-state index in [0.29, 0.717) is 6.07 Å². The van der Waals surface area contributed by atoms with E-state index in [1.807, 2.05) is 0 Å². The largest absolute Gasteiger partial charge is 0.250 e. The van der Waals surface area contributed by atoms with Gasteiger partial charge in [-0.2, -0.15) is 0 Å². The van der Waals surface area contributed by atoms with E-state index in [0.717, 1.165) is 12.5 Å². The highest BCUT2D eigenvalue weighted by Gasteiger charge is 2.12. The molecule has 0 N–H and O–H groups in total. The average molecular weight is 268 g/mol. The monoisotopic (exact) mass is 268 g/mol. The molecule has 1 radical (unpaired) electrons. The number of sulfone groups is 1. The Hall–Kier alpha value is -1.82. The zero-order valence-corrected chi connectivity index (χ0v) is 10.1. The van der Waals surface area contributed by atoms with Gasteiger partial charge in [0.05, 0.1) is 11.1 Å². The fourth-order valence-corrected chi connectivity index (χ4v) is 2.06. The molecule has 0 atom stereocenters. The third-order valence-electron chi connectivity index (χ3n) is 2.26. The van der Waals surface area contributed by atoms with Crippen LogP contribution in [-0.2, 0) is 9.84 Å². The van der Waals surface area contributed by atoms with Crippen molar-refractivity contribution in [2.24, 2.45) is 0 Å². The Morgan fingerprint density at radius 2 is 2.00 bits per heavy atom. The minimum absolute atomic E-state index is 0.0643. The fraction of sp³-hybridized carbons (Fsp3) is 0.0833. The average Bonchev–Trinajstić information content (AvgIpc) is 2.28. The Kier molecular flexibility index (Phi) is 3.13. The van der Waals surface area contributed by atoms with Crippen LogP contribution in [0.1, 0.15) is 0 Å². The smallest absolute Gasteiger partial charge is 0.176 e. The van der Waals surface area contributed by atoms with Crippen LogP contribution in [-0.4, -0.2) is 19.7 Å². The maximum Gasteiger partial charge on any atom is 0.176 e. The van der Waals surface area contributed by atoms with Gasteiger partial charge in [0, 0.05) is 24.0 Å². The van der Waals surface area contributed by atoms with Crippen LogP contribution in [0.4, 0.5) is 8.78 Å². The molecule has 0 saturated heterocycles. The summed E-state index contributed by atoms with van der Waals surface area (Å²) in [4.78, 5) is 3.55. The molecule has 0 fully saturated rings. The molecule has 6 heteroatoms. The molecule has 93 valence electrons. The summed E-state index contributed by atoms with van der Waals surface area (Å²) >= 11 is 0. The Morgan fingerprint density at radius 3 is 2.61 bits per heavy atom. The lowest BCUT2D eigenvalue weighted by Crippen LogP contribution is -1.98. The van der Waals surface area contributed by atoms with Crippen LogP contribution >= 0.6 is 0 Å². The molecule has 0 unspecified atom stereocenters. The lowest BCUT2D eigenvalue weighted by atomic mass is 10.1. The predicted molar refractivity (Wildman–Crippen MR) is 61.5 cm³/mol. The first-order valence-corrected chi connectivity index (χ1v) is 6.80. The Morgan fingerprint density at radius 1 is 1.28 bits per heavy atom. The number of halogens is 2. The van der Waals surface area contributed by atoms with Crippen molar-refractivity contribution in [1.82, 2.24) is 4.98 Å². The van der Waals surface area contributed by atoms with Crippen molar-refractivity contribution in [3.05, 3.63) is 48.2 Å². The van der Waals surface area contributed by atoms with Gasteiger partial charge < -0.3 is 0 Å². The molecule has 0 bridgehead atoms. The van der Waals surface area contributed by atoms with Crippen molar-refractivity contribution in [2.75, 3.05) is 6.26 Å². The van der Waals surface area contributed by atoms with Gasteiger partial charge in [0.1, 0.15) is 11.5 Å². The summed E-state index contributed by atoms with van der Waals surface area (Å²) in [6.07, 6.45) is 1.90. The summed E-state index contributed by atoms with van der Waals surface area (Å²) < 4.78 is 48.9. The highest BCUT2D eigenvalue weighted by Crippen LogP contribution is 2.23. The van der Waals surface area contributed by atoms with Gasteiger partial charge in [0.25, 0.3) is 0 Å². The molecule has 18 heavy (non-hydrogen) atoms. The first-order chi connectivity index (χ1) is 8.38. The molecular formula is C12H8F2NO2S. The number of aromatic nitrogens is 1. The van der Waals surface area contributed by atoms with E-state index < -0.39 is 21.5 Å². The maximum atomic E-state index is 13.5. The second kappa shape index (κ2) is 4.45. The molecule has 3 nitrogen and oxygen atoms in total. The SMILES string of the molecule is CS(=O)(=O)c1[c]ccc(-c2ncc(F)cc2F)c1. The Bertz CT molecular complexity index is 699. The van der Waals surface area contributed by atoms with E-state index in [4.69, 9.17) is 0 Å². The molecule has 1 aromatic carbocycles. The summed E-state index contributed by atoms with van der Waals surface area (Å²) in [7, 11) is -3.43. The van der Waals surface area contributed by atoms with Crippen LogP contribution < -0.4 is 0 Å². The van der Waals surface area contributed by atoms with Gasteiger partial charge in [-0.3, -0.25) is 4.98 Å². The summed E-state index contributed by atoms with van der Waals surface area (Å²) in [6.45, 7) is 0. The summed E-state index contributed by atoms with van der Waals surface area (Å²) in [6, 6.07) is 7.29. The fourth-order valence-electron chi connectivity index (χ4n) is 1.43. The van der Waals surface area contributed by atoms with Crippen molar-refractivity contribution in [1.29, 1.82) is 0 Å². The summed E-state index contributed by atoms with van der Waals surface area (Å²) in [5.74, 6) is -1.64. The number of nitrogens with zero attached hydrogens (tertiary/aromatic N) is 1. The van der Waals surface area contributed by atoms with E-state index in [-0.39, 0.29) is 16.2 Å². The van der Waals surface area contributed by atoms with Gasteiger partial charge in [0.2, 0.25) is 0 Å². The number of pyridine rings is 1. The molecule has 0 aliphatic rings. The zero-order chi connectivity index (χ0) is 13.3. The highest BCUT2D eigenvalue weighted by molar-refractivity contribution is 7.90. The standard InChI is InChI=1S/C12H8F2NO2S/c1-18(16,17)10-4-2-3-8(5-10)12-11(14)6-9(13)7-15-12/h2-3,5-7H,1H3. The lowest BCUT2D eigenvalue weighted by molar-refractivity contribution is 0.576. The molecule has 2 rings (SSSR count). The topological polar surface area (TPSA) is 47.0 Å². The van der Waals surface area contributed by atoms with Crippen LogP contribution in [0.5, 0.6) is 0 Å². The number of rotatable bonds is 2. The minimum atomic E-state index is -3.43. The van der Waals surface area contributed by atoms with Crippen molar-refractivity contribution >= 4 is 9.84 Å². The third kappa shape index (κ3) is 2.53. The van der Waals surface area contributed by atoms with Crippen LogP contribution in [0.3, 0.4) is 0 Å². The molecule has 0 aliphatic heterocycles. The molecule has 0 saturated carbocycles. The Labute approximate surface area is 103 Å². The third-order valence-corrected chi connectivity index (χ3v) is 3.29. The normalized spacial score (nSPS) is 11.5. The molecule has 0 spiro atoms. The number of hydrogen-bond donors (Lipinski definition) is 0. The molecular weight excluding hydrogens is 260 g/mol. The zero-order valence-electron chi connectivity index (χ0n) is 9.31. The first kappa shape index (κ1) is 12.6. The quantitative estimate of drug-likeness (QED) is 0.839. The van der Waals surface area contributed by atoms with E-state index in [1.54, 1.807) is 0 Å². The first-order valence-electron chi connectivity index (χ1n) is 4.91. The van der Waals surface area contributed by atoms with Crippen LogP contribution in [0.2, 0.25) is 0 Å². The van der Waals surface area contributed by atoms with Gasteiger partial charge in [-0.05, 0) is 6.07 Å². The predicted octanol–water partition coefficient (Wildman–Crippen LogP) is 2.23. The van der Waals surface area contributed by atoms with Crippen LogP contribution in [0.25, 0.3) is 11.3 Å². The molecule has 0 amide bonds. The van der Waals surface area contributed by atoms with Gasteiger partial charge in [0.15, 0.2) is 15.7 Å². The van der Waals surface area contributed by atoms with E-state index >= 15 is 0 Å². The van der Waals surface area contributed by atoms with Crippen molar-refractivity contribution in [2.45, 2.75) is 4.90 Å². The van der Waals surface area contributed by atoms with E-state index in [9.17, 15) is 17.2 Å². The molecule has 2 aromatic rings. The minimum Gasteiger partial charge on any atom is -0.250 e. The lowest BCUT2D eigenvalue weighted by Gasteiger charge is -2.04. The van der Waals surface area contributed by atoms with E-state index in [1.165, 1.54) is 18.2 Å². The number of hydrogen-bond acceptors (Lipinski definition) is 3. The highest BCUT2D eigenvalue weighted by atomic mass is 32.2. The van der Waals surface area contributed by atoms with Gasteiger partial charge in [-0.15, -0.1) is 0 Å². The maximum absolute atomic E-state index is 13.5. The van der Waals surface area contributed by atoms with Crippen molar-refractivity contribution < 1.29 is 17.2 Å². The van der Waals surface area contributed by atoms with Crippen LogP contribution in [0, 0.1) is 17.7 Å². The van der Waals surface area contributed by atoms with Gasteiger partial charge >= 0.3 is 0 Å². The molecule has 0 aliphatic carbocycles. The number of benzene rings is 1. The van der Waals surface area contributed by atoms with E-state index in [2.05, 4.69) is 11.1 Å². The summed E-state index contributed by atoms with van der Waals surface area (Å²) in [5.41, 5.74) is 0.155. The van der Waals surface area contributed by atoms with Gasteiger partial charge in [-0.25, -0.2) is 17.2 Å².